The molecule has 1 unspecified atom stereocenters. The van der Waals surface area contributed by atoms with Gasteiger partial charge < -0.3 is 20.8 Å². The van der Waals surface area contributed by atoms with Crippen molar-refractivity contribution >= 4 is 12.0 Å². The molecule has 0 fully saturated rings. The Bertz CT molecular complexity index is 448. The van der Waals surface area contributed by atoms with Gasteiger partial charge in [-0.05, 0) is 31.0 Å². The van der Waals surface area contributed by atoms with Gasteiger partial charge in [0, 0.05) is 25.5 Å². The van der Waals surface area contributed by atoms with E-state index in [1.54, 1.807) is 12.4 Å². The first-order valence-corrected chi connectivity index (χ1v) is 6.24. The molecule has 0 saturated heterocycles. The van der Waals surface area contributed by atoms with Crippen LogP contribution in [0.2, 0.25) is 0 Å². The van der Waals surface area contributed by atoms with Crippen LogP contribution in [-0.4, -0.2) is 45.9 Å². The van der Waals surface area contributed by atoms with E-state index in [0.717, 1.165) is 5.56 Å². The molecule has 7 nitrogen and oxygen atoms in total. The average Bonchev–Trinajstić information content (AvgIpc) is 2.36. The van der Waals surface area contributed by atoms with Crippen molar-refractivity contribution < 1.29 is 19.8 Å². The number of hydrogen-bond acceptors (Lipinski definition) is 4. The third-order valence-electron chi connectivity index (χ3n) is 2.61. The third-order valence-corrected chi connectivity index (χ3v) is 2.61. The molecule has 0 spiro atoms. The van der Waals surface area contributed by atoms with Gasteiger partial charge in [-0.25, -0.2) is 4.79 Å². The SMILES string of the molecule is CC(O)(CNC(=O)NCCc1ccncc1)CC(=O)O. The Morgan fingerprint density at radius 1 is 1.30 bits per heavy atom. The van der Waals surface area contributed by atoms with Gasteiger partial charge in [0.05, 0.1) is 12.0 Å². The Morgan fingerprint density at radius 2 is 1.95 bits per heavy atom. The number of nitrogens with one attached hydrogen (secondary N) is 2. The van der Waals surface area contributed by atoms with Crippen LogP contribution in [0.5, 0.6) is 0 Å². The monoisotopic (exact) mass is 281 g/mol. The molecule has 0 aliphatic heterocycles. The van der Waals surface area contributed by atoms with Crippen LogP contribution >= 0.6 is 0 Å². The van der Waals surface area contributed by atoms with Gasteiger partial charge in [0.2, 0.25) is 0 Å². The summed E-state index contributed by atoms with van der Waals surface area (Å²) in [6, 6.07) is 3.28. The standard InChI is InChI=1S/C13H19N3O4/c1-13(20,8-11(17)18)9-16-12(19)15-7-4-10-2-5-14-6-3-10/h2-3,5-6,20H,4,7-9H2,1H3,(H,17,18)(H2,15,16,19). The number of carboxylic acids is 1. The number of aliphatic hydroxyl groups is 1. The Balaban J connectivity index is 2.22. The number of rotatable bonds is 7. The minimum Gasteiger partial charge on any atom is -0.481 e. The summed E-state index contributed by atoms with van der Waals surface area (Å²) in [7, 11) is 0. The number of aromatic nitrogens is 1. The zero-order valence-corrected chi connectivity index (χ0v) is 11.3. The van der Waals surface area contributed by atoms with E-state index in [0.29, 0.717) is 13.0 Å². The molecule has 1 rings (SSSR count). The lowest BCUT2D eigenvalue weighted by atomic mass is 10.0. The fraction of sp³-hybridized carbons (Fsp3) is 0.462. The zero-order chi connectivity index (χ0) is 15.0. The van der Waals surface area contributed by atoms with Gasteiger partial charge in [0.15, 0.2) is 0 Å². The number of hydrogen-bond donors (Lipinski definition) is 4. The maximum absolute atomic E-state index is 11.5. The van der Waals surface area contributed by atoms with Crippen molar-refractivity contribution in [1.82, 2.24) is 15.6 Å². The smallest absolute Gasteiger partial charge is 0.314 e. The van der Waals surface area contributed by atoms with E-state index in [9.17, 15) is 14.7 Å². The van der Waals surface area contributed by atoms with Crippen molar-refractivity contribution in [3.05, 3.63) is 30.1 Å². The molecule has 2 amide bonds. The van der Waals surface area contributed by atoms with Gasteiger partial charge in [0.25, 0.3) is 0 Å². The maximum atomic E-state index is 11.5. The van der Waals surface area contributed by atoms with E-state index in [-0.39, 0.29) is 6.54 Å². The van der Waals surface area contributed by atoms with Crippen molar-refractivity contribution in [2.45, 2.75) is 25.4 Å². The Kier molecular flexibility index (Phi) is 5.92. The van der Waals surface area contributed by atoms with Gasteiger partial charge in [-0.1, -0.05) is 0 Å². The molecule has 0 aliphatic carbocycles. The topological polar surface area (TPSA) is 112 Å². The van der Waals surface area contributed by atoms with E-state index in [4.69, 9.17) is 5.11 Å². The number of amides is 2. The molecule has 20 heavy (non-hydrogen) atoms. The highest BCUT2D eigenvalue weighted by Crippen LogP contribution is 2.07. The minimum absolute atomic E-state index is 0.125. The van der Waals surface area contributed by atoms with Crippen molar-refractivity contribution in [2.75, 3.05) is 13.1 Å². The lowest BCUT2D eigenvalue weighted by Gasteiger charge is -2.21. The average molecular weight is 281 g/mol. The molecule has 1 aromatic rings. The Hall–Kier alpha value is -2.15. The molecule has 7 heteroatoms. The van der Waals surface area contributed by atoms with Gasteiger partial charge in [-0.15, -0.1) is 0 Å². The molecule has 0 saturated carbocycles. The van der Waals surface area contributed by atoms with Crippen molar-refractivity contribution in [1.29, 1.82) is 0 Å². The molecule has 1 atom stereocenters. The van der Waals surface area contributed by atoms with Crippen LogP contribution in [-0.2, 0) is 11.2 Å². The summed E-state index contributed by atoms with van der Waals surface area (Å²) in [5.74, 6) is -1.12. The summed E-state index contributed by atoms with van der Waals surface area (Å²) < 4.78 is 0. The molecule has 0 radical (unpaired) electrons. The van der Waals surface area contributed by atoms with Crippen LogP contribution in [0, 0.1) is 0 Å². The predicted octanol–water partition coefficient (Wildman–Crippen LogP) is 0.149. The van der Waals surface area contributed by atoms with Gasteiger partial charge in [-0.2, -0.15) is 0 Å². The van der Waals surface area contributed by atoms with Crippen molar-refractivity contribution in [3.63, 3.8) is 0 Å². The summed E-state index contributed by atoms with van der Waals surface area (Å²) in [5.41, 5.74) is -0.410. The summed E-state index contributed by atoms with van der Waals surface area (Å²) in [6.07, 6.45) is 3.60. The summed E-state index contributed by atoms with van der Waals surface area (Å²) in [4.78, 5) is 25.9. The summed E-state index contributed by atoms with van der Waals surface area (Å²) >= 11 is 0. The number of pyridine rings is 1. The molecular weight excluding hydrogens is 262 g/mol. The van der Waals surface area contributed by atoms with E-state index >= 15 is 0 Å². The number of aliphatic carboxylic acids is 1. The quantitative estimate of drug-likeness (QED) is 0.568. The highest BCUT2D eigenvalue weighted by molar-refractivity contribution is 5.74. The molecule has 4 N–H and O–H groups in total. The van der Waals surface area contributed by atoms with Gasteiger partial charge in [-0.3, -0.25) is 9.78 Å². The Morgan fingerprint density at radius 3 is 2.55 bits per heavy atom. The number of carbonyl (C=O) groups excluding carboxylic acids is 1. The first-order valence-electron chi connectivity index (χ1n) is 6.24. The van der Waals surface area contributed by atoms with E-state index < -0.39 is 24.0 Å². The lowest BCUT2D eigenvalue weighted by Crippen LogP contribution is -2.46. The highest BCUT2D eigenvalue weighted by atomic mass is 16.4. The van der Waals surface area contributed by atoms with Crippen LogP contribution in [0.1, 0.15) is 18.9 Å². The van der Waals surface area contributed by atoms with Crippen molar-refractivity contribution in [3.8, 4) is 0 Å². The fourth-order valence-electron chi connectivity index (χ4n) is 1.59. The lowest BCUT2D eigenvalue weighted by molar-refractivity contribution is -0.141. The summed E-state index contributed by atoms with van der Waals surface area (Å²) in [6.45, 7) is 1.68. The molecular formula is C13H19N3O4. The van der Waals surface area contributed by atoms with Gasteiger partial charge in [0.1, 0.15) is 0 Å². The Labute approximate surface area is 117 Å². The second-order valence-electron chi connectivity index (χ2n) is 4.78. The van der Waals surface area contributed by atoms with Crippen molar-refractivity contribution in [2.24, 2.45) is 0 Å². The summed E-state index contributed by atoms with van der Waals surface area (Å²) in [5, 5.41) is 23.4. The van der Waals surface area contributed by atoms with Crippen LogP contribution < -0.4 is 10.6 Å². The molecule has 1 aromatic heterocycles. The molecule has 0 aliphatic rings. The largest absolute Gasteiger partial charge is 0.481 e. The highest BCUT2D eigenvalue weighted by Gasteiger charge is 2.24. The predicted molar refractivity (Wildman–Crippen MR) is 72.2 cm³/mol. The van der Waals surface area contributed by atoms with Crippen LogP contribution in [0.15, 0.2) is 24.5 Å². The fourth-order valence-corrected chi connectivity index (χ4v) is 1.59. The second-order valence-corrected chi connectivity index (χ2v) is 4.78. The third kappa shape index (κ3) is 6.69. The van der Waals surface area contributed by atoms with E-state index in [2.05, 4.69) is 15.6 Å². The number of carboxylic acid groups (broad SMARTS) is 1. The van der Waals surface area contributed by atoms with Crippen LogP contribution in [0.3, 0.4) is 0 Å². The van der Waals surface area contributed by atoms with Crippen LogP contribution in [0.25, 0.3) is 0 Å². The van der Waals surface area contributed by atoms with E-state index in [1.165, 1.54) is 6.92 Å². The molecule has 110 valence electrons. The molecule has 0 aromatic carbocycles. The molecule has 1 heterocycles. The number of carbonyl (C=O) groups is 2. The second kappa shape index (κ2) is 7.44. The molecule has 0 bridgehead atoms. The first kappa shape index (κ1) is 15.9. The minimum atomic E-state index is -1.46. The zero-order valence-electron chi connectivity index (χ0n) is 11.3. The van der Waals surface area contributed by atoms with Crippen LogP contribution in [0.4, 0.5) is 4.79 Å². The number of nitrogens with zero attached hydrogens (tertiary/aromatic N) is 1. The van der Waals surface area contributed by atoms with Gasteiger partial charge >= 0.3 is 12.0 Å². The first-order chi connectivity index (χ1) is 9.39. The normalized spacial score (nSPS) is 13.3. The van der Waals surface area contributed by atoms with E-state index in [1.807, 2.05) is 12.1 Å². The maximum Gasteiger partial charge on any atom is 0.314 e. The number of urea groups is 1.